The second-order valence-electron chi connectivity index (χ2n) is 4.16. The Morgan fingerprint density at radius 2 is 1.35 bits per heavy atom. The highest BCUT2D eigenvalue weighted by atomic mass is 79.9. The molecule has 20 heavy (non-hydrogen) atoms. The van der Waals surface area contributed by atoms with Gasteiger partial charge in [-0.05, 0) is 84.5 Å². The zero-order chi connectivity index (χ0) is 14.9. The number of anilines is 1. The van der Waals surface area contributed by atoms with Crippen LogP contribution < -0.4 is 15.2 Å². The largest absolute Gasteiger partial charge is 0.496 e. The van der Waals surface area contributed by atoms with Crippen molar-refractivity contribution < 1.29 is 9.47 Å². The summed E-state index contributed by atoms with van der Waals surface area (Å²) in [6, 6.07) is 7.42. The lowest BCUT2D eigenvalue weighted by Gasteiger charge is -2.13. The number of rotatable bonds is 3. The molecule has 0 aliphatic heterocycles. The lowest BCUT2D eigenvalue weighted by Crippen LogP contribution is -1.94. The SMILES string of the molecule is COc1cc(Br)c(Oc2cc(C)c(N)cc2Br)cc1Br. The molecule has 0 aliphatic carbocycles. The molecule has 0 spiro atoms. The summed E-state index contributed by atoms with van der Waals surface area (Å²) in [6.07, 6.45) is 0. The van der Waals surface area contributed by atoms with E-state index in [4.69, 9.17) is 15.2 Å². The molecule has 0 amide bonds. The highest BCUT2D eigenvalue weighted by molar-refractivity contribution is 9.11. The molecule has 0 heterocycles. The Morgan fingerprint density at radius 1 is 0.850 bits per heavy atom. The van der Waals surface area contributed by atoms with E-state index in [2.05, 4.69) is 47.8 Å². The molecule has 0 bridgehead atoms. The van der Waals surface area contributed by atoms with Crippen LogP contribution in [-0.2, 0) is 0 Å². The van der Waals surface area contributed by atoms with Gasteiger partial charge in [0.2, 0.25) is 0 Å². The van der Waals surface area contributed by atoms with Gasteiger partial charge < -0.3 is 15.2 Å². The number of methoxy groups -OCH3 is 1. The number of aryl methyl sites for hydroxylation is 1. The molecular formula is C14H12Br3NO2. The van der Waals surface area contributed by atoms with Crippen molar-refractivity contribution in [2.45, 2.75) is 6.92 Å². The normalized spacial score (nSPS) is 10.4. The van der Waals surface area contributed by atoms with Crippen molar-refractivity contribution in [2.24, 2.45) is 0 Å². The molecule has 0 atom stereocenters. The number of hydrogen-bond donors (Lipinski definition) is 1. The molecule has 0 aromatic heterocycles. The maximum absolute atomic E-state index is 5.92. The fourth-order valence-corrected chi connectivity index (χ4v) is 2.94. The molecule has 2 N–H and O–H groups in total. The first-order chi connectivity index (χ1) is 9.42. The van der Waals surface area contributed by atoms with Crippen LogP contribution >= 0.6 is 47.8 Å². The van der Waals surface area contributed by atoms with Crippen molar-refractivity contribution in [2.75, 3.05) is 12.8 Å². The van der Waals surface area contributed by atoms with E-state index in [0.717, 1.165) is 30.4 Å². The van der Waals surface area contributed by atoms with Gasteiger partial charge >= 0.3 is 0 Å². The first kappa shape index (κ1) is 15.7. The molecule has 2 rings (SSSR count). The third-order valence-electron chi connectivity index (χ3n) is 2.75. The van der Waals surface area contributed by atoms with Gasteiger partial charge in [-0.3, -0.25) is 0 Å². The van der Waals surface area contributed by atoms with Gasteiger partial charge in [0.05, 0.1) is 20.5 Å². The minimum atomic E-state index is 0.683. The van der Waals surface area contributed by atoms with Gasteiger partial charge in [-0.25, -0.2) is 0 Å². The van der Waals surface area contributed by atoms with Crippen molar-refractivity contribution in [3.63, 3.8) is 0 Å². The molecule has 0 aliphatic rings. The van der Waals surface area contributed by atoms with Crippen LogP contribution in [0, 0.1) is 6.92 Å². The van der Waals surface area contributed by atoms with Gasteiger partial charge in [-0.15, -0.1) is 0 Å². The van der Waals surface area contributed by atoms with E-state index in [-0.39, 0.29) is 0 Å². The number of hydrogen-bond acceptors (Lipinski definition) is 3. The second-order valence-corrected chi connectivity index (χ2v) is 6.72. The Kier molecular flexibility index (Phi) is 4.99. The van der Waals surface area contributed by atoms with E-state index < -0.39 is 0 Å². The zero-order valence-corrected chi connectivity index (χ0v) is 15.6. The Labute approximate surface area is 142 Å². The van der Waals surface area contributed by atoms with E-state index in [9.17, 15) is 0 Å². The Bertz CT molecular complexity index is 659. The summed E-state index contributed by atoms with van der Waals surface area (Å²) in [4.78, 5) is 0. The summed E-state index contributed by atoms with van der Waals surface area (Å²) in [6.45, 7) is 1.94. The minimum Gasteiger partial charge on any atom is -0.496 e. The van der Waals surface area contributed by atoms with Crippen molar-refractivity contribution >= 4 is 53.5 Å². The number of ether oxygens (including phenoxy) is 2. The minimum absolute atomic E-state index is 0.683. The lowest BCUT2D eigenvalue weighted by atomic mass is 10.2. The third-order valence-corrected chi connectivity index (χ3v) is 4.61. The molecule has 106 valence electrons. The number of nitrogen functional groups attached to an aromatic ring is 1. The maximum Gasteiger partial charge on any atom is 0.143 e. The monoisotopic (exact) mass is 463 g/mol. The molecule has 0 radical (unpaired) electrons. The van der Waals surface area contributed by atoms with E-state index in [1.54, 1.807) is 7.11 Å². The topological polar surface area (TPSA) is 44.5 Å². The number of benzene rings is 2. The molecule has 2 aromatic carbocycles. The lowest BCUT2D eigenvalue weighted by molar-refractivity contribution is 0.409. The van der Waals surface area contributed by atoms with Gasteiger partial charge in [0.25, 0.3) is 0 Å². The smallest absolute Gasteiger partial charge is 0.143 e. The van der Waals surface area contributed by atoms with Crippen molar-refractivity contribution in [3.8, 4) is 17.2 Å². The van der Waals surface area contributed by atoms with Crippen LogP contribution in [0.2, 0.25) is 0 Å². The maximum atomic E-state index is 5.92. The van der Waals surface area contributed by atoms with Crippen molar-refractivity contribution in [1.82, 2.24) is 0 Å². The summed E-state index contributed by atoms with van der Waals surface area (Å²) in [5, 5.41) is 0. The third kappa shape index (κ3) is 3.30. The fraction of sp³-hybridized carbons (Fsp3) is 0.143. The van der Waals surface area contributed by atoms with Crippen LogP contribution in [0.3, 0.4) is 0 Å². The standard InChI is InChI=1S/C14H12Br3NO2/c1-7-3-13(8(15)4-11(7)18)20-14-6-9(16)12(19-2)5-10(14)17/h3-6H,18H2,1-2H3. The van der Waals surface area contributed by atoms with Crippen LogP contribution in [0.15, 0.2) is 37.7 Å². The quantitative estimate of drug-likeness (QED) is 0.594. The highest BCUT2D eigenvalue weighted by Gasteiger charge is 2.12. The van der Waals surface area contributed by atoms with Crippen molar-refractivity contribution in [3.05, 3.63) is 43.2 Å². The zero-order valence-electron chi connectivity index (χ0n) is 10.8. The highest BCUT2D eigenvalue weighted by Crippen LogP contribution is 2.40. The van der Waals surface area contributed by atoms with Gasteiger partial charge in [-0.2, -0.15) is 0 Å². The predicted octanol–water partition coefficient (Wildman–Crippen LogP) is 5.67. The Morgan fingerprint density at radius 3 is 2.00 bits per heavy atom. The van der Waals surface area contributed by atoms with Crippen LogP contribution in [0.5, 0.6) is 17.2 Å². The summed E-state index contributed by atoms with van der Waals surface area (Å²) >= 11 is 10.4. The first-order valence-corrected chi connectivity index (χ1v) is 8.06. The van der Waals surface area contributed by atoms with E-state index in [0.29, 0.717) is 11.5 Å². The Hall–Kier alpha value is -0.720. The Balaban J connectivity index is 2.40. The second kappa shape index (κ2) is 6.37. The average Bonchev–Trinajstić information content (AvgIpc) is 2.39. The first-order valence-electron chi connectivity index (χ1n) is 5.69. The number of halogens is 3. The summed E-state index contributed by atoms with van der Waals surface area (Å²) in [5.41, 5.74) is 7.54. The van der Waals surface area contributed by atoms with Crippen molar-refractivity contribution in [1.29, 1.82) is 0 Å². The molecule has 0 fully saturated rings. The number of nitrogens with two attached hydrogens (primary N) is 1. The molecule has 3 nitrogen and oxygen atoms in total. The van der Waals surface area contributed by atoms with E-state index >= 15 is 0 Å². The fourth-order valence-electron chi connectivity index (χ4n) is 1.61. The van der Waals surface area contributed by atoms with Gasteiger partial charge in [0, 0.05) is 5.69 Å². The summed E-state index contributed by atoms with van der Waals surface area (Å²) in [7, 11) is 1.62. The summed E-state index contributed by atoms with van der Waals surface area (Å²) < 4.78 is 13.6. The van der Waals surface area contributed by atoms with E-state index in [1.165, 1.54) is 0 Å². The van der Waals surface area contributed by atoms with Crippen LogP contribution in [-0.4, -0.2) is 7.11 Å². The molecule has 0 saturated heterocycles. The molecule has 0 unspecified atom stereocenters. The van der Waals surface area contributed by atoms with Crippen LogP contribution in [0.25, 0.3) is 0 Å². The van der Waals surface area contributed by atoms with Gasteiger partial charge in [0.15, 0.2) is 0 Å². The van der Waals surface area contributed by atoms with Crippen LogP contribution in [0.4, 0.5) is 5.69 Å². The molecule has 2 aromatic rings. The van der Waals surface area contributed by atoms with Gasteiger partial charge in [-0.1, -0.05) is 0 Å². The molecule has 0 saturated carbocycles. The van der Waals surface area contributed by atoms with Crippen LogP contribution in [0.1, 0.15) is 5.56 Å². The van der Waals surface area contributed by atoms with Gasteiger partial charge in [0.1, 0.15) is 17.2 Å². The van der Waals surface area contributed by atoms with E-state index in [1.807, 2.05) is 31.2 Å². The average molecular weight is 466 g/mol. The molecular weight excluding hydrogens is 454 g/mol. The summed E-state index contributed by atoms with van der Waals surface area (Å²) in [5.74, 6) is 2.12. The molecule has 6 heteroatoms. The predicted molar refractivity (Wildman–Crippen MR) is 91.8 cm³/mol.